The fourth-order valence-corrected chi connectivity index (χ4v) is 6.39. The van der Waals surface area contributed by atoms with Crippen LogP contribution in [0.1, 0.15) is 26.7 Å². The first kappa shape index (κ1) is 23.6. The third-order valence-electron chi connectivity index (χ3n) is 5.76. The van der Waals surface area contributed by atoms with Gasteiger partial charge in [0.15, 0.2) is 5.17 Å². The number of amidine groups is 1. The summed E-state index contributed by atoms with van der Waals surface area (Å²) < 4.78 is 5.90. The molecule has 0 unspecified atom stereocenters. The number of hydrogen-bond donors (Lipinski definition) is 0. The van der Waals surface area contributed by atoms with Crippen molar-refractivity contribution in [3.63, 3.8) is 0 Å². The van der Waals surface area contributed by atoms with E-state index >= 15 is 0 Å². The zero-order valence-electron chi connectivity index (χ0n) is 19.8. The second-order valence-electron chi connectivity index (χ2n) is 8.16. The molecule has 5 rings (SSSR count). The van der Waals surface area contributed by atoms with Gasteiger partial charge in [-0.1, -0.05) is 55.4 Å². The average molecular weight is 502 g/mol. The minimum Gasteiger partial charge on any atom is -0.457 e. The lowest BCUT2D eigenvalue weighted by molar-refractivity contribution is -0.122. The smallest absolute Gasteiger partial charge is 0.269 e. The van der Waals surface area contributed by atoms with E-state index in [2.05, 4.69) is 30.9 Å². The van der Waals surface area contributed by atoms with Crippen molar-refractivity contribution in [1.82, 2.24) is 4.90 Å². The topological polar surface area (TPSA) is 45.1 Å². The van der Waals surface area contributed by atoms with E-state index in [0.29, 0.717) is 6.54 Å². The summed E-state index contributed by atoms with van der Waals surface area (Å²) in [6, 6.07) is 25.7. The van der Waals surface area contributed by atoms with Gasteiger partial charge in [0.1, 0.15) is 21.4 Å². The second-order valence-corrected chi connectivity index (χ2v) is 10.2. The van der Waals surface area contributed by atoms with Crippen LogP contribution in [0.5, 0.6) is 11.5 Å². The highest BCUT2D eigenvalue weighted by molar-refractivity contribution is 8.19. The first-order valence-electron chi connectivity index (χ1n) is 11.9. The number of rotatable bonds is 7. The number of carbonyl (C=O) groups excluding carboxylic acids is 1. The molecule has 0 saturated carbocycles. The number of amides is 1. The molecule has 3 aromatic rings. The predicted molar refractivity (Wildman–Crippen MR) is 147 cm³/mol. The van der Waals surface area contributed by atoms with Crippen LogP contribution in [0.15, 0.2) is 98.7 Å². The molecule has 35 heavy (non-hydrogen) atoms. The lowest BCUT2D eigenvalue weighted by atomic mass is 10.3. The van der Waals surface area contributed by atoms with E-state index in [-0.39, 0.29) is 5.91 Å². The lowest BCUT2D eigenvalue weighted by Gasteiger charge is -2.19. The maximum Gasteiger partial charge on any atom is 0.269 e. The Morgan fingerprint density at radius 1 is 0.829 bits per heavy atom. The summed E-state index contributed by atoms with van der Waals surface area (Å²) in [6.07, 6.45) is 1.95. The van der Waals surface area contributed by atoms with Gasteiger partial charge in [0.2, 0.25) is 0 Å². The molecule has 0 radical (unpaired) electrons. The number of anilines is 1. The van der Waals surface area contributed by atoms with Crippen LogP contribution in [0, 0.1) is 0 Å². The summed E-state index contributed by atoms with van der Waals surface area (Å²) in [6.45, 7) is 5.73. The number of nitrogens with zero attached hydrogens (tertiary/aromatic N) is 3. The van der Waals surface area contributed by atoms with Crippen molar-refractivity contribution < 1.29 is 9.53 Å². The Morgan fingerprint density at radius 3 is 2.29 bits per heavy atom. The number of carbonyl (C=O) groups is 1. The summed E-state index contributed by atoms with van der Waals surface area (Å²) in [5, 5.41) is 1.73. The second kappa shape index (κ2) is 10.6. The van der Waals surface area contributed by atoms with Gasteiger partial charge in [-0.2, -0.15) is 0 Å². The molecule has 178 valence electrons. The highest BCUT2D eigenvalue weighted by atomic mass is 32.2. The van der Waals surface area contributed by atoms with Crippen molar-refractivity contribution >= 4 is 46.0 Å². The number of unbranched alkanes of at least 4 members (excludes halogenated alkanes) is 1. The van der Waals surface area contributed by atoms with E-state index in [9.17, 15) is 4.79 Å². The van der Waals surface area contributed by atoms with Gasteiger partial charge in [-0.05, 0) is 73.6 Å². The zero-order chi connectivity index (χ0) is 24.2. The highest BCUT2D eigenvalue weighted by Gasteiger charge is 2.39. The number of para-hydroxylation sites is 2. The van der Waals surface area contributed by atoms with Crippen molar-refractivity contribution in [2.75, 3.05) is 18.0 Å². The molecule has 3 aromatic carbocycles. The first-order valence-corrected chi connectivity index (χ1v) is 13.5. The number of hydrogen-bond acceptors (Lipinski definition) is 6. The Bertz CT molecular complexity index is 1270. The third kappa shape index (κ3) is 4.97. The molecule has 2 aliphatic heterocycles. The molecule has 7 heteroatoms. The van der Waals surface area contributed by atoms with Gasteiger partial charge in [0.05, 0.1) is 11.4 Å². The van der Waals surface area contributed by atoms with Crippen LogP contribution in [-0.2, 0) is 4.79 Å². The summed E-state index contributed by atoms with van der Waals surface area (Å²) >= 11 is 3.15. The van der Waals surface area contributed by atoms with Crippen LogP contribution >= 0.6 is 23.5 Å². The van der Waals surface area contributed by atoms with Crippen LogP contribution in [-0.4, -0.2) is 29.1 Å². The number of thioether (sulfide) groups is 2. The molecule has 5 nitrogen and oxygen atoms in total. The number of fused-ring (bicyclic) bond motifs is 1. The molecular formula is C28H27N3O2S2. The van der Waals surface area contributed by atoms with Crippen LogP contribution in [0.2, 0.25) is 0 Å². The summed E-state index contributed by atoms with van der Waals surface area (Å²) in [4.78, 5) is 24.5. The number of benzene rings is 3. The molecule has 0 N–H and O–H groups in total. The lowest BCUT2D eigenvalue weighted by Crippen LogP contribution is -2.30. The van der Waals surface area contributed by atoms with E-state index in [1.54, 1.807) is 11.8 Å². The molecule has 0 bridgehead atoms. The van der Waals surface area contributed by atoms with Gasteiger partial charge in [-0.25, -0.2) is 4.99 Å². The Kier molecular flexibility index (Phi) is 7.16. The van der Waals surface area contributed by atoms with Crippen molar-refractivity contribution in [1.29, 1.82) is 0 Å². The fourth-order valence-electron chi connectivity index (χ4n) is 3.97. The van der Waals surface area contributed by atoms with E-state index in [1.165, 1.54) is 16.7 Å². The zero-order valence-corrected chi connectivity index (χ0v) is 21.4. The van der Waals surface area contributed by atoms with E-state index < -0.39 is 0 Å². The molecule has 1 saturated heterocycles. The standard InChI is InChI=1S/C28H27N3O2S2/c1-3-5-19-31-26(32)25(27-30(4-2)23-13-9-10-14-24(23)34-27)35-28(31)29-20-15-17-22(18-16-20)33-21-11-7-6-8-12-21/h6-18H,3-5,19H2,1-2H3/b27-25-,29-28?. The molecule has 1 amide bonds. The molecule has 1 fully saturated rings. The van der Waals surface area contributed by atoms with Gasteiger partial charge >= 0.3 is 0 Å². The highest BCUT2D eigenvalue weighted by Crippen LogP contribution is 2.50. The van der Waals surface area contributed by atoms with Gasteiger partial charge in [0, 0.05) is 18.0 Å². The quantitative estimate of drug-likeness (QED) is 0.311. The largest absolute Gasteiger partial charge is 0.457 e. The molecule has 0 spiro atoms. The van der Waals surface area contributed by atoms with Crippen LogP contribution in [0.4, 0.5) is 11.4 Å². The van der Waals surface area contributed by atoms with Crippen LogP contribution in [0.25, 0.3) is 0 Å². The maximum absolute atomic E-state index is 13.6. The Morgan fingerprint density at radius 2 is 1.54 bits per heavy atom. The molecule has 0 aromatic heterocycles. The van der Waals surface area contributed by atoms with Crippen molar-refractivity contribution in [2.24, 2.45) is 4.99 Å². The van der Waals surface area contributed by atoms with Crippen LogP contribution < -0.4 is 9.64 Å². The summed E-state index contributed by atoms with van der Waals surface area (Å²) in [5.41, 5.74) is 1.96. The minimum atomic E-state index is 0.0417. The maximum atomic E-state index is 13.6. The first-order chi connectivity index (χ1) is 17.2. The monoisotopic (exact) mass is 501 g/mol. The third-order valence-corrected chi connectivity index (χ3v) is 8.14. The van der Waals surface area contributed by atoms with Crippen LogP contribution in [0.3, 0.4) is 0 Å². The number of aliphatic imine (C=N–C) groups is 1. The Hall–Kier alpha value is -3.16. The van der Waals surface area contributed by atoms with Gasteiger partial charge in [-0.3, -0.25) is 9.69 Å². The SMILES string of the molecule is CCCCN1C(=O)/C(=C2/Sc3ccccc3N2CC)SC1=Nc1ccc(Oc2ccccc2)cc1. The van der Waals surface area contributed by atoms with Gasteiger partial charge in [-0.15, -0.1) is 0 Å². The number of ether oxygens (including phenoxy) is 1. The molecule has 0 aliphatic carbocycles. The van der Waals surface area contributed by atoms with Crippen molar-refractivity contribution in [3.8, 4) is 11.5 Å². The van der Waals surface area contributed by atoms with Crippen molar-refractivity contribution in [3.05, 3.63) is 88.8 Å². The Labute approximate surface area is 214 Å². The molecule has 2 aliphatic rings. The molecular weight excluding hydrogens is 474 g/mol. The van der Waals surface area contributed by atoms with Gasteiger partial charge in [0.25, 0.3) is 5.91 Å². The van der Waals surface area contributed by atoms with Crippen molar-refractivity contribution in [2.45, 2.75) is 31.6 Å². The minimum absolute atomic E-state index is 0.0417. The molecule has 2 heterocycles. The van der Waals surface area contributed by atoms with Gasteiger partial charge < -0.3 is 9.64 Å². The summed E-state index contributed by atoms with van der Waals surface area (Å²) in [7, 11) is 0. The molecule has 0 atom stereocenters. The van der Waals surface area contributed by atoms with E-state index in [0.717, 1.165) is 57.4 Å². The summed E-state index contributed by atoms with van der Waals surface area (Å²) in [5.74, 6) is 1.58. The van der Waals surface area contributed by atoms with E-state index in [4.69, 9.17) is 9.73 Å². The fraction of sp³-hybridized carbons (Fsp3) is 0.214. The normalized spacial score (nSPS) is 18.5. The Balaban J connectivity index is 1.43. The predicted octanol–water partition coefficient (Wildman–Crippen LogP) is 7.64. The van der Waals surface area contributed by atoms with E-state index in [1.807, 2.05) is 71.6 Å². The average Bonchev–Trinajstić information content (AvgIpc) is 3.41.